The van der Waals surface area contributed by atoms with Crippen molar-refractivity contribution in [1.29, 1.82) is 0 Å². The van der Waals surface area contributed by atoms with Crippen LogP contribution in [0.5, 0.6) is 0 Å². The highest BCUT2D eigenvalue weighted by atomic mass is 16.5. The summed E-state index contributed by atoms with van der Waals surface area (Å²) in [7, 11) is 0. The third-order valence-corrected chi connectivity index (χ3v) is 3.93. The van der Waals surface area contributed by atoms with Crippen molar-refractivity contribution in [2.45, 2.75) is 63.7 Å². The summed E-state index contributed by atoms with van der Waals surface area (Å²) in [5, 5.41) is 9.79. The van der Waals surface area contributed by atoms with Crippen LogP contribution in [0.2, 0.25) is 0 Å². The third kappa shape index (κ3) is 3.19. The number of ether oxygens (including phenoxy) is 1. The fourth-order valence-corrected chi connectivity index (χ4v) is 3.00. The predicted molar refractivity (Wildman–Crippen MR) is 64.5 cm³/mol. The van der Waals surface area contributed by atoms with E-state index in [0.717, 1.165) is 26.1 Å². The van der Waals surface area contributed by atoms with Crippen molar-refractivity contribution in [3.05, 3.63) is 0 Å². The van der Waals surface area contributed by atoms with Gasteiger partial charge in [-0.15, -0.1) is 0 Å². The van der Waals surface area contributed by atoms with Crippen LogP contribution in [0.3, 0.4) is 0 Å². The molecule has 2 saturated heterocycles. The monoisotopic (exact) mass is 227 g/mol. The van der Waals surface area contributed by atoms with Crippen LogP contribution in [0.25, 0.3) is 0 Å². The predicted octanol–water partition coefficient (Wildman–Crippen LogP) is 1.79. The Labute approximate surface area is 98.8 Å². The van der Waals surface area contributed by atoms with Crippen molar-refractivity contribution in [1.82, 2.24) is 4.90 Å². The van der Waals surface area contributed by atoms with E-state index < -0.39 is 0 Å². The molecule has 0 aromatic heterocycles. The summed E-state index contributed by atoms with van der Waals surface area (Å²) in [6, 6.07) is 0.360. The zero-order valence-corrected chi connectivity index (χ0v) is 10.4. The highest BCUT2D eigenvalue weighted by Gasteiger charge is 2.28. The Morgan fingerprint density at radius 1 is 1.25 bits per heavy atom. The Hall–Kier alpha value is -0.120. The number of hydrogen-bond acceptors (Lipinski definition) is 3. The van der Waals surface area contributed by atoms with E-state index in [0.29, 0.717) is 12.1 Å². The molecule has 0 radical (unpaired) electrons. The Morgan fingerprint density at radius 3 is 2.75 bits per heavy atom. The highest BCUT2D eigenvalue weighted by molar-refractivity contribution is 4.83. The molecule has 0 aliphatic carbocycles. The van der Waals surface area contributed by atoms with Crippen molar-refractivity contribution in [2.75, 3.05) is 19.7 Å². The minimum atomic E-state index is -0.205. The molecule has 0 bridgehead atoms. The van der Waals surface area contributed by atoms with E-state index in [1.54, 1.807) is 0 Å². The van der Waals surface area contributed by atoms with Crippen LogP contribution in [0, 0.1) is 0 Å². The number of nitrogens with zero attached hydrogens (tertiary/aromatic N) is 1. The van der Waals surface area contributed by atoms with Crippen molar-refractivity contribution in [3.8, 4) is 0 Å². The molecule has 3 nitrogen and oxygen atoms in total. The first kappa shape index (κ1) is 12.3. The molecule has 1 N–H and O–H groups in total. The van der Waals surface area contributed by atoms with E-state index in [-0.39, 0.29) is 6.10 Å². The molecule has 94 valence electrons. The van der Waals surface area contributed by atoms with Crippen LogP contribution in [-0.2, 0) is 4.74 Å². The van der Waals surface area contributed by atoms with Gasteiger partial charge in [0.25, 0.3) is 0 Å². The van der Waals surface area contributed by atoms with E-state index in [1.165, 1.54) is 32.1 Å². The maximum Gasteiger partial charge on any atom is 0.0702 e. The summed E-state index contributed by atoms with van der Waals surface area (Å²) in [5.41, 5.74) is 0. The Balaban J connectivity index is 1.85. The molecule has 0 aromatic carbocycles. The fourth-order valence-electron chi connectivity index (χ4n) is 3.00. The van der Waals surface area contributed by atoms with Gasteiger partial charge in [0.15, 0.2) is 0 Å². The van der Waals surface area contributed by atoms with E-state index >= 15 is 0 Å². The van der Waals surface area contributed by atoms with Gasteiger partial charge in [-0.05, 0) is 45.6 Å². The van der Waals surface area contributed by atoms with Crippen molar-refractivity contribution < 1.29 is 9.84 Å². The molecule has 2 heterocycles. The lowest BCUT2D eigenvalue weighted by Gasteiger charge is -2.40. The normalized spacial score (nSPS) is 34.9. The minimum absolute atomic E-state index is 0.205. The van der Waals surface area contributed by atoms with Gasteiger partial charge in [-0.2, -0.15) is 0 Å². The summed E-state index contributed by atoms with van der Waals surface area (Å²) in [6.45, 7) is 5.01. The molecule has 0 aromatic rings. The molecule has 2 aliphatic heterocycles. The smallest absolute Gasteiger partial charge is 0.0702 e. The first-order valence-electron chi connectivity index (χ1n) is 6.81. The van der Waals surface area contributed by atoms with Gasteiger partial charge >= 0.3 is 0 Å². The maximum atomic E-state index is 9.79. The van der Waals surface area contributed by atoms with Crippen LogP contribution in [0.1, 0.15) is 45.4 Å². The van der Waals surface area contributed by atoms with Crippen molar-refractivity contribution >= 4 is 0 Å². The Bertz CT molecular complexity index is 202. The molecular formula is C13H25NO2. The molecular weight excluding hydrogens is 202 g/mol. The molecule has 2 fully saturated rings. The van der Waals surface area contributed by atoms with E-state index in [2.05, 4.69) is 4.90 Å². The lowest BCUT2D eigenvalue weighted by atomic mass is 9.97. The SMILES string of the molecule is CC(O)C1CCCCN1CC1CCCCO1. The van der Waals surface area contributed by atoms with Crippen LogP contribution in [0.4, 0.5) is 0 Å². The lowest BCUT2D eigenvalue weighted by molar-refractivity contribution is -0.0375. The molecule has 3 heteroatoms. The first-order valence-corrected chi connectivity index (χ1v) is 6.81. The van der Waals surface area contributed by atoms with Gasteiger partial charge in [-0.25, -0.2) is 0 Å². The number of hydrogen-bond donors (Lipinski definition) is 1. The second kappa shape index (κ2) is 5.99. The van der Waals surface area contributed by atoms with Gasteiger partial charge in [0.05, 0.1) is 12.2 Å². The van der Waals surface area contributed by atoms with Crippen LogP contribution >= 0.6 is 0 Å². The second-order valence-electron chi connectivity index (χ2n) is 5.29. The summed E-state index contributed by atoms with van der Waals surface area (Å²) in [4.78, 5) is 2.45. The average molecular weight is 227 g/mol. The van der Waals surface area contributed by atoms with Crippen molar-refractivity contribution in [3.63, 3.8) is 0 Å². The second-order valence-corrected chi connectivity index (χ2v) is 5.29. The zero-order chi connectivity index (χ0) is 11.4. The van der Waals surface area contributed by atoms with Gasteiger partial charge in [-0.1, -0.05) is 6.42 Å². The van der Waals surface area contributed by atoms with E-state index in [1.807, 2.05) is 6.92 Å². The van der Waals surface area contributed by atoms with Crippen molar-refractivity contribution in [2.24, 2.45) is 0 Å². The molecule has 0 spiro atoms. The third-order valence-electron chi connectivity index (χ3n) is 3.93. The van der Waals surface area contributed by atoms with Gasteiger partial charge in [0.1, 0.15) is 0 Å². The number of piperidine rings is 1. The fraction of sp³-hybridized carbons (Fsp3) is 1.00. The summed E-state index contributed by atoms with van der Waals surface area (Å²) >= 11 is 0. The van der Waals surface area contributed by atoms with Crippen LogP contribution in [-0.4, -0.2) is 48.0 Å². The van der Waals surface area contributed by atoms with Gasteiger partial charge < -0.3 is 9.84 Å². The zero-order valence-electron chi connectivity index (χ0n) is 10.4. The standard InChI is InChI=1S/C13H25NO2/c1-11(15)13-7-2-4-8-14(13)10-12-6-3-5-9-16-12/h11-13,15H,2-10H2,1H3. The van der Waals surface area contributed by atoms with E-state index in [4.69, 9.17) is 4.74 Å². The summed E-state index contributed by atoms with van der Waals surface area (Å²) in [6.07, 6.45) is 7.60. The van der Waals surface area contributed by atoms with Gasteiger partial charge in [0, 0.05) is 19.2 Å². The van der Waals surface area contributed by atoms with Gasteiger partial charge in [-0.3, -0.25) is 4.90 Å². The van der Waals surface area contributed by atoms with E-state index in [9.17, 15) is 5.11 Å². The Kier molecular flexibility index (Phi) is 4.62. The van der Waals surface area contributed by atoms with Crippen LogP contribution in [0.15, 0.2) is 0 Å². The molecule has 2 rings (SSSR count). The number of rotatable bonds is 3. The number of aliphatic hydroxyl groups excluding tert-OH is 1. The minimum Gasteiger partial charge on any atom is -0.392 e. The summed E-state index contributed by atoms with van der Waals surface area (Å²) in [5.74, 6) is 0. The molecule has 3 unspecified atom stereocenters. The summed E-state index contributed by atoms with van der Waals surface area (Å²) < 4.78 is 5.79. The first-order chi connectivity index (χ1) is 7.77. The van der Waals surface area contributed by atoms with Gasteiger partial charge in [0.2, 0.25) is 0 Å². The quantitative estimate of drug-likeness (QED) is 0.798. The largest absolute Gasteiger partial charge is 0.392 e. The molecule has 2 aliphatic rings. The topological polar surface area (TPSA) is 32.7 Å². The molecule has 3 atom stereocenters. The highest BCUT2D eigenvalue weighted by Crippen LogP contribution is 2.22. The molecule has 0 saturated carbocycles. The maximum absolute atomic E-state index is 9.79. The Morgan fingerprint density at radius 2 is 2.06 bits per heavy atom. The average Bonchev–Trinajstić information content (AvgIpc) is 2.31. The molecule has 16 heavy (non-hydrogen) atoms. The molecule has 0 amide bonds. The van der Waals surface area contributed by atoms with Crippen LogP contribution < -0.4 is 0 Å². The number of aliphatic hydroxyl groups is 1. The lowest BCUT2D eigenvalue weighted by Crippen LogP contribution is -2.49. The number of likely N-dealkylation sites (tertiary alicyclic amines) is 1.